The average Bonchev–Trinajstić information content (AvgIpc) is 2.85. The lowest BCUT2D eigenvalue weighted by Crippen LogP contribution is -2.44. The number of likely N-dealkylation sites (tertiary alicyclic amines) is 1. The molecule has 37 heavy (non-hydrogen) atoms. The van der Waals surface area contributed by atoms with E-state index in [0.717, 1.165) is 28.4 Å². The van der Waals surface area contributed by atoms with Gasteiger partial charge in [-0.05, 0) is 86.3 Å². The number of carbonyl (C=O) groups excluding carboxylic acids is 1. The number of anilines is 2. The summed E-state index contributed by atoms with van der Waals surface area (Å²) < 4.78 is 29.5. The van der Waals surface area contributed by atoms with E-state index in [1.54, 1.807) is 42.6 Å². The minimum absolute atomic E-state index is 0.0574. The Kier molecular flexibility index (Phi) is 8.77. The van der Waals surface area contributed by atoms with Crippen LogP contribution in [-0.2, 0) is 14.8 Å². The van der Waals surface area contributed by atoms with E-state index in [-0.39, 0.29) is 29.8 Å². The fourth-order valence-electron chi connectivity index (χ4n) is 4.53. The maximum Gasteiger partial charge on any atom is 0.264 e. The molecular formula is C27H30BrClN4O3S. The van der Waals surface area contributed by atoms with Crippen LogP contribution in [0.1, 0.15) is 30.4 Å². The van der Waals surface area contributed by atoms with Gasteiger partial charge in [-0.15, -0.1) is 0 Å². The number of hydrogen-bond donors (Lipinski definition) is 1. The average molecular weight is 606 g/mol. The van der Waals surface area contributed by atoms with E-state index in [9.17, 15) is 13.2 Å². The number of nitrogens with zero attached hydrogens (tertiary/aromatic N) is 3. The molecule has 1 fully saturated rings. The number of sulfonamides is 1. The lowest BCUT2D eigenvalue weighted by molar-refractivity contribution is -0.131. The highest BCUT2D eigenvalue weighted by molar-refractivity contribution is 9.10. The van der Waals surface area contributed by atoms with E-state index in [4.69, 9.17) is 11.6 Å². The number of nitrogens with one attached hydrogen (secondary N) is 1. The van der Waals surface area contributed by atoms with Gasteiger partial charge in [0.1, 0.15) is 5.82 Å². The third-order valence-corrected chi connectivity index (χ3v) is 9.05. The molecule has 1 aliphatic heterocycles. The quantitative estimate of drug-likeness (QED) is 0.351. The molecule has 1 aromatic heterocycles. The first-order valence-corrected chi connectivity index (χ1v) is 14.8. The molecule has 0 atom stereocenters. The number of rotatable bonds is 8. The molecule has 1 N–H and O–H groups in total. The molecule has 196 valence electrons. The van der Waals surface area contributed by atoms with E-state index in [2.05, 4.69) is 26.2 Å². The second-order valence-corrected chi connectivity index (χ2v) is 12.4. The molecule has 0 aliphatic carbocycles. The van der Waals surface area contributed by atoms with E-state index in [0.29, 0.717) is 29.6 Å². The molecule has 2 aromatic carbocycles. The van der Waals surface area contributed by atoms with Gasteiger partial charge in [0.05, 0.1) is 15.6 Å². The number of aryl methyl sites for hydroxylation is 2. The highest BCUT2D eigenvalue weighted by Crippen LogP contribution is 2.28. The molecule has 7 nitrogen and oxygen atoms in total. The predicted molar refractivity (Wildman–Crippen MR) is 152 cm³/mol. The Bertz CT molecular complexity index is 1340. The summed E-state index contributed by atoms with van der Waals surface area (Å²) in [7, 11) is -3.87. The Morgan fingerprint density at radius 3 is 2.38 bits per heavy atom. The van der Waals surface area contributed by atoms with Crippen molar-refractivity contribution in [2.24, 2.45) is 0 Å². The molecule has 0 radical (unpaired) electrons. The van der Waals surface area contributed by atoms with Crippen molar-refractivity contribution < 1.29 is 13.2 Å². The number of carbonyl (C=O) groups is 1. The van der Waals surface area contributed by atoms with Crippen molar-refractivity contribution in [3.05, 3.63) is 81.4 Å². The number of piperidine rings is 1. The molecule has 3 aromatic rings. The third kappa shape index (κ3) is 6.83. The fourth-order valence-corrected chi connectivity index (χ4v) is 6.42. The summed E-state index contributed by atoms with van der Waals surface area (Å²) in [5.41, 5.74) is 2.48. The van der Waals surface area contributed by atoms with Crippen LogP contribution in [0.2, 0.25) is 5.02 Å². The first kappa shape index (κ1) is 27.4. The highest BCUT2D eigenvalue weighted by atomic mass is 79.9. The summed E-state index contributed by atoms with van der Waals surface area (Å²) in [5.74, 6) is 0.589. The first-order valence-electron chi connectivity index (χ1n) is 12.1. The van der Waals surface area contributed by atoms with Crippen LogP contribution in [0.5, 0.6) is 0 Å². The van der Waals surface area contributed by atoms with Gasteiger partial charge in [-0.25, -0.2) is 13.4 Å². The minimum Gasteiger partial charge on any atom is -0.366 e. The topological polar surface area (TPSA) is 82.6 Å². The van der Waals surface area contributed by atoms with Crippen LogP contribution in [-0.4, -0.2) is 49.9 Å². The maximum atomic E-state index is 13.7. The van der Waals surface area contributed by atoms with Gasteiger partial charge in [0.2, 0.25) is 5.91 Å². The molecule has 1 saturated heterocycles. The van der Waals surface area contributed by atoms with Crippen LogP contribution < -0.4 is 9.62 Å². The summed E-state index contributed by atoms with van der Waals surface area (Å²) >= 11 is 9.57. The van der Waals surface area contributed by atoms with Crippen molar-refractivity contribution >= 4 is 55.0 Å². The zero-order chi connectivity index (χ0) is 26.6. The standard InChI is InChI=1S/C27H30BrClN4O3S/c1-19-16-20(2)18-23(17-19)33(37(35,36)24-7-5-21(28)6-8-24)15-11-26(34)32-13-9-22(10-14-32)31-27-25(29)4-3-12-30-27/h3-8,12,16-18,22H,9-11,13-15H2,1-2H3,(H,30,31). The fraction of sp³-hybridized carbons (Fsp3) is 0.333. The molecule has 1 amide bonds. The highest BCUT2D eigenvalue weighted by Gasteiger charge is 2.28. The van der Waals surface area contributed by atoms with Crippen LogP contribution in [0, 0.1) is 13.8 Å². The lowest BCUT2D eigenvalue weighted by atomic mass is 10.0. The number of aromatic nitrogens is 1. The summed E-state index contributed by atoms with van der Waals surface area (Å²) in [4.78, 5) is 19.4. The van der Waals surface area contributed by atoms with Crippen molar-refractivity contribution in [3.8, 4) is 0 Å². The number of amides is 1. The van der Waals surface area contributed by atoms with E-state index < -0.39 is 10.0 Å². The molecule has 0 spiro atoms. The van der Waals surface area contributed by atoms with Crippen molar-refractivity contribution in [3.63, 3.8) is 0 Å². The second-order valence-electron chi connectivity index (χ2n) is 9.26. The first-order chi connectivity index (χ1) is 17.6. The van der Waals surface area contributed by atoms with Gasteiger partial charge < -0.3 is 10.2 Å². The van der Waals surface area contributed by atoms with Gasteiger partial charge in [-0.1, -0.05) is 33.6 Å². The molecule has 0 unspecified atom stereocenters. The predicted octanol–water partition coefficient (Wildman–Crippen LogP) is 5.80. The van der Waals surface area contributed by atoms with Gasteiger partial charge in [0.25, 0.3) is 10.0 Å². The van der Waals surface area contributed by atoms with Crippen molar-refractivity contribution in [2.45, 2.75) is 44.0 Å². The van der Waals surface area contributed by atoms with Gasteiger partial charge in [0, 0.05) is 42.8 Å². The number of pyridine rings is 1. The summed E-state index contributed by atoms with van der Waals surface area (Å²) in [6.07, 6.45) is 3.30. The number of benzene rings is 2. The van der Waals surface area contributed by atoms with Gasteiger partial charge in [0.15, 0.2) is 0 Å². The molecule has 0 saturated carbocycles. The number of halogens is 2. The van der Waals surface area contributed by atoms with E-state index in [1.165, 1.54) is 4.31 Å². The third-order valence-electron chi connectivity index (χ3n) is 6.37. The summed E-state index contributed by atoms with van der Waals surface area (Å²) in [6, 6.07) is 16.0. The van der Waals surface area contributed by atoms with E-state index in [1.807, 2.05) is 36.9 Å². The SMILES string of the molecule is Cc1cc(C)cc(N(CCC(=O)N2CCC(Nc3ncccc3Cl)CC2)S(=O)(=O)c2ccc(Br)cc2)c1. The van der Waals surface area contributed by atoms with Crippen molar-refractivity contribution in [2.75, 3.05) is 29.3 Å². The van der Waals surface area contributed by atoms with Crippen molar-refractivity contribution in [1.29, 1.82) is 0 Å². The smallest absolute Gasteiger partial charge is 0.264 e. The molecule has 0 bridgehead atoms. The molecule has 1 aliphatic rings. The van der Waals surface area contributed by atoms with Gasteiger partial charge in [-0.2, -0.15) is 0 Å². The molecular weight excluding hydrogens is 576 g/mol. The molecule has 4 rings (SSSR count). The Balaban J connectivity index is 1.45. The van der Waals surface area contributed by atoms with Crippen LogP contribution in [0.3, 0.4) is 0 Å². The second kappa shape index (κ2) is 11.8. The zero-order valence-corrected chi connectivity index (χ0v) is 24.0. The summed E-state index contributed by atoms with van der Waals surface area (Å²) in [6.45, 7) is 5.10. The minimum atomic E-state index is -3.87. The molecule has 2 heterocycles. The zero-order valence-electron chi connectivity index (χ0n) is 20.8. The normalized spacial score (nSPS) is 14.4. The van der Waals surface area contributed by atoms with Crippen LogP contribution in [0.15, 0.2) is 70.2 Å². The summed E-state index contributed by atoms with van der Waals surface area (Å²) in [5, 5.41) is 3.93. The Hall–Kier alpha value is -2.62. The Labute approximate surface area is 232 Å². The monoisotopic (exact) mass is 604 g/mol. The Morgan fingerprint density at radius 2 is 1.76 bits per heavy atom. The van der Waals surface area contributed by atoms with Crippen LogP contribution in [0.4, 0.5) is 11.5 Å². The van der Waals surface area contributed by atoms with E-state index >= 15 is 0 Å². The largest absolute Gasteiger partial charge is 0.366 e. The van der Waals surface area contributed by atoms with Gasteiger partial charge >= 0.3 is 0 Å². The number of hydrogen-bond acceptors (Lipinski definition) is 5. The molecule has 10 heteroatoms. The van der Waals surface area contributed by atoms with Crippen LogP contribution >= 0.6 is 27.5 Å². The van der Waals surface area contributed by atoms with Crippen molar-refractivity contribution in [1.82, 2.24) is 9.88 Å². The van der Waals surface area contributed by atoms with Gasteiger partial charge in [-0.3, -0.25) is 9.10 Å². The van der Waals surface area contributed by atoms with Crippen LogP contribution in [0.25, 0.3) is 0 Å². The maximum absolute atomic E-state index is 13.7. The Morgan fingerprint density at radius 1 is 1.11 bits per heavy atom. The lowest BCUT2D eigenvalue weighted by Gasteiger charge is -2.33.